The molecule has 12 heavy (non-hydrogen) atoms. The van der Waals surface area contributed by atoms with Crippen molar-refractivity contribution in [2.24, 2.45) is 0 Å². The molecule has 0 aromatic carbocycles. The summed E-state index contributed by atoms with van der Waals surface area (Å²) in [7, 11) is 0. The lowest BCUT2D eigenvalue weighted by atomic mass is 11.0. The summed E-state index contributed by atoms with van der Waals surface area (Å²) in [6, 6.07) is 0. The van der Waals surface area contributed by atoms with E-state index in [2.05, 4.69) is 31.1 Å². The second kappa shape index (κ2) is 2.70. The fraction of sp³-hybridized carbons (Fsp3) is 0. The predicted octanol–water partition coefficient (Wildman–Crippen LogP) is -1.66. The van der Waals surface area contributed by atoms with Gasteiger partial charge in [-0.2, -0.15) is 9.36 Å². The number of aromatic nitrogens is 8. The molecule has 8 nitrogen and oxygen atoms in total. The first-order chi connectivity index (χ1) is 5.88. The quantitative estimate of drug-likeness (QED) is 0.450. The second-order valence-electron chi connectivity index (χ2n) is 1.79. The average molecular weight is 182 g/mol. The molecule has 0 aliphatic rings. The van der Waals surface area contributed by atoms with E-state index in [0.29, 0.717) is 5.11 Å². The lowest BCUT2D eigenvalue weighted by Crippen LogP contribution is -2.20. The van der Waals surface area contributed by atoms with Gasteiger partial charge in [0.2, 0.25) is 5.11 Å². The SMILES string of the molecule is S=C(n1cnnn1)n1cnnn1. The summed E-state index contributed by atoms with van der Waals surface area (Å²) in [5.41, 5.74) is 0. The van der Waals surface area contributed by atoms with E-state index in [0.717, 1.165) is 0 Å². The molecule has 0 atom stereocenters. The number of thiocarbonyl (C=S) groups is 1. The summed E-state index contributed by atoms with van der Waals surface area (Å²) < 4.78 is 2.57. The van der Waals surface area contributed by atoms with Crippen LogP contribution in [0.3, 0.4) is 0 Å². The van der Waals surface area contributed by atoms with Gasteiger partial charge >= 0.3 is 0 Å². The Labute approximate surface area is 71.2 Å². The first-order valence-corrected chi connectivity index (χ1v) is 3.29. The highest BCUT2D eigenvalue weighted by atomic mass is 32.1. The highest BCUT2D eigenvalue weighted by Gasteiger charge is 2.04. The number of nitrogens with zero attached hydrogens (tertiary/aromatic N) is 8. The Hall–Kier alpha value is -1.77. The lowest BCUT2D eigenvalue weighted by molar-refractivity contribution is 0.758. The third-order valence-electron chi connectivity index (χ3n) is 1.09. The van der Waals surface area contributed by atoms with E-state index in [-0.39, 0.29) is 0 Å². The van der Waals surface area contributed by atoms with E-state index in [1.54, 1.807) is 0 Å². The van der Waals surface area contributed by atoms with Crippen molar-refractivity contribution in [3.63, 3.8) is 0 Å². The molecule has 0 radical (unpaired) electrons. The maximum atomic E-state index is 4.94. The van der Waals surface area contributed by atoms with Crippen LogP contribution in [0, 0.1) is 0 Å². The fourth-order valence-electron chi connectivity index (χ4n) is 0.603. The monoisotopic (exact) mass is 182 g/mol. The highest BCUT2D eigenvalue weighted by molar-refractivity contribution is 7.80. The third kappa shape index (κ3) is 1.05. The van der Waals surface area contributed by atoms with Crippen LogP contribution in [0.5, 0.6) is 0 Å². The topological polar surface area (TPSA) is 87.2 Å². The molecule has 0 amide bonds. The summed E-state index contributed by atoms with van der Waals surface area (Å²) >= 11 is 4.94. The standard InChI is InChI=1S/C3H2N8S/c12-3(10-1-4-6-8-10)11-2-5-7-9-11/h1-2H. The van der Waals surface area contributed by atoms with Gasteiger partial charge in [0, 0.05) is 0 Å². The van der Waals surface area contributed by atoms with Gasteiger partial charge in [0.1, 0.15) is 12.7 Å². The van der Waals surface area contributed by atoms with Crippen LogP contribution in [-0.2, 0) is 0 Å². The van der Waals surface area contributed by atoms with Crippen LogP contribution in [0.25, 0.3) is 0 Å². The van der Waals surface area contributed by atoms with Crippen LogP contribution in [0.2, 0.25) is 0 Å². The van der Waals surface area contributed by atoms with Crippen molar-refractivity contribution in [3.8, 4) is 0 Å². The summed E-state index contributed by atoms with van der Waals surface area (Å²) in [6.07, 6.45) is 2.73. The van der Waals surface area contributed by atoms with Gasteiger partial charge in [-0.25, -0.2) is 0 Å². The summed E-state index contributed by atoms with van der Waals surface area (Å²) in [5, 5.41) is 21.1. The van der Waals surface area contributed by atoms with Crippen molar-refractivity contribution < 1.29 is 0 Å². The minimum Gasteiger partial charge on any atom is -0.172 e. The number of rotatable bonds is 0. The molecule has 0 saturated carbocycles. The molecule has 0 spiro atoms. The predicted molar refractivity (Wildman–Crippen MR) is 39.0 cm³/mol. The van der Waals surface area contributed by atoms with E-state index >= 15 is 0 Å². The molecule has 0 unspecified atom stereocenters. The van der Waals surface area contributed by atoms with Crippen molar-refractivity contribution in [1.82, 2.24) is 40.4 Å². The van der Waals surface area contributed by atoms with Gasteiger partial charge in [-0.15, -0.1) is 10.2 Å². The van der Waals surface area contributed by atoms with E-state index in [4.69, 9.17) is 12.2 Å². The maximum absolute atomic E-state index is 4.94. The van der Waals surface area contributed by atoms with E-state index in [1.165, 1.54) is 22.0 Å². The number of hydrogen-bond donors (Lipinski definition) is 0. The largest absolute Gasteiger partial charge is 0.227 e. The first-order valence-electron chi connectivity index (χ1n) is 2.88. The van der Waals surface area contributed by atoms with E-state index in [1.807, 2.05) is 0 Å². The molecule has 2 aromatic heterocycles. The Morgan fingerprint density at radius 3 is 1.83 bits per heavy atom. The Bertz CT molecular complexity index is 325. The minimum atomic E-state index is 0.296. The van der Waals surface area contributed by atoms with Crippen molar-refractivity contribution in [1.29, 1.82) is 0 Å². The van der Waals surface area contributed by atoms with Crippen LogP contribution in [-0.4, -0.2) is 45.5 Å². The van der Waals surface area contributed by atoms with Gasteiger partial charge in [0.15, 0.2) is 0 Å². The Morgan fingerprint density at radius 1 is 1.00 bits per heavy atom. The van der Waals surface area contributed by atoms with Crippen LogP contribution < -0.4 is 0 Å². The molecule has 0 aliphatic carbocycles. The van der Waals surface area contributed by atoms with Gasteiger partial charge in [-0.05, 0) is 33.1 Å². The fourth-order valence-corrected chi connectivity index (χ4v) is 0.770. The zero-order valence-electron chi connectivity index (χ0n) is 5.64. The Kier molecular flexibility index (Phi) is 1.55. The van der Waals surface area contributed by atoms with E-state index < -0.39 is 0 Å². The zero-order chi connectivity index (χ0) is 8.39. The normalized spacial score (nSPS) is 10.0. The molecule has 0 bridgehead atoms. The van der Waals surface area contributed by atoms with Crippen LogP contribution in [0.4, 0.5) is 0 Å². The summed E-state index contributed by atoms with van der Waals surface area (Å²) in [5.74, 6) is 0. The molecule has 0 N–H and O–H groups in total. The smallest absolute Gasteiger partial charge is 0.172 e. The van der Waals surface area contributed by atoms with Crippen molar-refractivity contribution in [3.05, 3.63) is 12.7 Å². The highest BCUT2D eigenvalue weighted by Crippen LogP contribution is 1.84. The van der Waals surface area contributed by atoms with Crippen LogP contribution in [0.15, 0.2) is 12.7 Å². The van der Waals surface area contributed by atoms with Crippen LogP contribution >= 0.6 is 12.2 Å². The van der Waals surface area contributed by atoms with Crippen molar-refractivity contribution in [2.75, 3.05) is 0 Å². The number of tetrazole rings is 2. The third-order valence-corrected chi connectivity index (χ3v) is 1.46. The summed E-state index contributed by atoms with van der Waals surface area (Å²) in [4.78, 5) is 0. The van der Waals surface area contributed by atoms with E-state index in [9.17, 15) is 0 Å². The second-order valence-corrected chi connectivity index (χ2v) is 2.16. The van der Waals surface area contributed by atoms with Gasteiger partial charge < -0.3 is 0 Å². The first kappa shape index (κ1) is 6.91. The minimum absolute atomic E-state index is 0.296. The van der Waals surface area contributed by atoms with Crippen molar-refractivity contribution >= 4 is 17.3 Å². The van der Waals surface area contributed by atoms with Crippen LogP contribution in [0.1, 0.15) is 0 Å². The molecule has 60 valence electrons. The molecule has 0 fully saturated rings. The molecule has 0 saturated heterocycles. The van der Waals surface area contributed by atoms with Gasteiger partial charge in [-0.1, -0.05) is 0 Å². The molecular formula is C3H2N8S. The lowest BCUT2D eigenvalue weighted by Gasteiger charge is -1.96. The number of hydrogen-bond acceptors (Lipinski definition) is 7. The zero-order valence-corrected chi connectivity index (χ0v) is 6.46. The molecule has 9 heteroatoms. The molecule has 2 rings (SSSR count). The molecule has 2 aromatic rings. The molecule has 2 heterocycles. The Morgan fingerprint density at radius 2 is 1.50 bits per heavy atom. The maximum Gasteiger partial charge on any atom is 0.227 e. The van der Waals surface area contributed by atoms with Crippen molar-refractivity contribution in [2.45, 2.75) is 0 Å². The molecule has 0 aliphatic heterocycles. The van der Waals surface area contributed by atoms with Gasteiger partial charge in [0.05, 0.1) is 0 Å². The molecular weight excluding hydrogens is 180 g/mol. The average Bonchev–Trinajstić information content (AvgIpc) is 2.77. The van der Waals surface area contributed by atoms with Gasteiger partial charge in [0.25, 0.3) is 0 Å². The van der Waals surface area contributed by atoms with Gasteiger partial charge in [-0.3, -0.25) is 0 Å². The summed E-state index contributed by atoms with van der Waals surface area (Å²) in [6.45, 7) is 0. The Balaban J connectivity index is 2.34.